The van der Waals surface area contributed by atoms with Gasteiger partial charge < -0.3 is 5.73 Å². The molecule has 21 heavy (non-hydrogen) atoms. The van der Waals surface area contributed by atoms with Gasteiger partial charge in [0, 0.05) is 18.5 Å². The maximum atomic E-state index is 5.60. The van der Waals surface area contributed by atoms with Crippen LogP contribution in [0.2, 0.25) is 0 Å². The first-order chi connectivity index (χ1) is 10.4. The molecule has 0 saturated carbocycles. The first kappa shape index (κ1) is 13.7. The highest BCUT2D eigenvalue weighted by molar-refractivity contribution is 7.98. The first-order valence-electron chi connectivity index (χ1n) is 6.47. The molecule has 7 heteroatoms. The van der Waals surface area contributed by atoms with Crippen molar-refractivity contribution >= 4 is 11.8 Å². The summed E-state index contributed by atoms with van der Waals surface area (Å²) in [5.41, 5.74) is 8.59. The average Bonchev–Trinajstić information content (AvgIpc) is 3.02. The zero-order valence-corrected chi connectivity index (χ0v) is 12.1. The third-order valence-electron chi connectivity index (χ3n) is 2.90. The molecule has 6 nitrogen and oxygen atoms in total. The van der Waals surface area contributed by atoms with Gasteiger partial charge in [-0.2, -0.15) is 4.68 Å². The van der Waals surface area contributed by atoms with E-state index in [9.17, 15) is 0 Å². The minimum Gasteiger partial charge on any atom is -0.325 e. The van der Waals surface area contributed by atoms with Crippen LogP contribution in [-0.4, -0.2) is 25.2 Å². The number of hydrogen-bond donors (Lipinski definition) is 1. The lowest BCUT2D eigenvalue weighted by Crippen LogP contribution is -2.00. The third kappa shape index (κ3) is 3.26. The second-order valence-corrected chi connectivity index (χ2v) is 5.30. The molecular weight excluding hydrogens is 284 g/mol. The number of rotatable bonds is 5. The van der Waals surface area contributed by atoms with Crippen molar-refractivity contribution in [1.29, 1.82) is 0 Å². The van der Waals surface area contributed by atoms with Gasteiger partial charge in [0.2, 0.25) is 5.16 Å². The highest BCUT2D eigenvalue weighted by Gasteiger charge is 2.09. The Kier molecular flexibility index (Phi) is 4.23. The number of nitrogens with two attached hydrogens (primary N) is 1. The van der Waals surface area contributed by atoms with Gasteiger partial charge in [-0.25, -0.2) is 0 Å². The van der Waals surface area contributed by atoms with Crippen LogP contribution in [0.1, 0.15) is 11.3 Å². The fourth-order valence-electron chi connectivity index (χ4n) is 1.88. The van der Waals surface area contributed by atoms with E-state index in [0.717, 1.165) is 27.9 Å². The minimum absolute atomic E-state index is 0.445. The summed E-state index contributed by atoms with van der Waals surface area (Å²) in [7, 11) is 0. The lowest BCUT2D eigenvalue weighted by atomic mass is 10.2. The molecule has 3 aromatic rings. The van der Waals surface area contributed by atoms with E-state index < -0.39 is 0 Å². The van der Waals surface area contributed by atoms with Crippen LogP contribution in [-0.2, 0) is 12.3 Å². The van der Waals surface area contributed by atoms with E-state index in [-0.39, 0.29) is 0 Å². The molecule has 0 atom stereocenters. The molecule has 0 spiro atoms. The number of para-hydroxylation sites is 1. The van der Waals surface area contributed by atoms with Crippen LogP contribution in [0.3, 0.4) is 0 Å². The van der Waals surface area contributed by atoms with E-state index in [0.29, 0.717) is 6.54 Å². The van der Waals surface area contributed by atoms with Crippen LogP contribution in [0, 0.1) is 0 Å². The molecule has 1 aromatic carbocycles. The second-order valence-electron chi connectivity index (χ2n) is 4.36. The van der Waals surface area contributed by atoms with Crippen molar-refractivity contribution in [3.8, 4) is 5.69 Å². The molecule has 0 aliphatic rings. The SMILES string of the molecule is NCc1cc(CSc2nnnn2-c2ccccc2)ccn1. The molecule has 3 rings (SSSR count). The van der Waals surface area contributed by atoms with Gasteiger partial charge >= 0.3 is 0 Å². The minimum atomic E-state index is 0.445. The molecule has 2 aromatic heterocycles. The molecule has 0 amide bonds. The zero-order chi connectivity index (χ0) is 14.5. The van der Waals surface area contributed by atoms with Crippen molar-refractivity contribution in [2.24, 2.45) is 5.73 Å². The van der Waals surface area contributed by atoms with Gasteiger partial charge in [0.05, 0.1) is 11.4 Å². The molecule has 0 unspecified atom stereocenters. The van der Waals surface area contributed by atoms with Gasteiger partial charge in [-0.15, -0.1) is 5.10 Å². The first-order valence-corrected chi connectivity index (χ1v) is 7.46. The van der Waals surface area contributed by atoms with E-state index in [2.05, 4.69) is 20.5 Å². The van der Waals surface area contributed by atoms with E-state index in [1.54, 1.807) is 22.6 Å². The summed E-state index contributed by atoms with van der Waals surface area (Å²) < 4.78 is 1.73. The number of pyridine rings is 1. The quantitative estimate of drug-likeness (QED) is 0.723. The summed E-state index contributed by atoms with van der Waals surface area (Å²) in [6.45, 7) is 0.445. The van der Waals surface area contributed by atoms with Gasteiger partial charge in [-0.3, -0.25) is 4.98 Å². The number of thioether (sulfide) groups is 1. The largest absolute Gasteiger partial charge is 0.325 e. The smallest absolute Gasteiger partial charge is 0.214 e. The Labute approximate surface area is 126 Å². The number of benzene rings is 1. The predicted octanol–water partition coefficient (Wildman–Crippen LogP) is 1.81. The Hall–Kier alpha value is -2.25. The number of hydrogen-bond acceptors (Lipinski definition) is 6. The molecule has 0 radical (unpaired) electrons. The molecular formula is C14H14N6S. The highest BCUT2D eigenvalue weighted by Crippen LogP contribution is 2.22. The molecule has 2 N–H and O–H groups in total. The Morgan fingerprint density at radius 2 is 2.00 bits per heavy atom. The maximum absolute atomic E-state index is 5.60. The van der Waals surface area contributed by atoms with Crippen molar-refractivity contribution in [2.75, 3.05) is 0 Å². The fourth-order valence-corrected chi connectivity index (χ4v) is 2.71. The second kappa shape index (κ2) is 6.47. The van der Waals surface area contributed by atoms with Gasteiger partial charge in [0.25, 0.3) is 0 Å². The Balaban J connectivity index is 1.76. The summed E-state index contributed by atoms with van der Waals surface area (Å²) in [6, 6.07) is 13.8. The molecule has 106 valence electrons. The highest BCUT2D eigenvalue weighted by atomic mass is 32.2. The van der Waals surface area contributed by atoms with Crippen LogP contribution >= 0.6 is 11.8 Å². The van der Waals surface area contributed by atoms with Crippen molar-refractivity contribution < 1.29 is 0 Å². The van der Waals surface area contributed by atoms with Crippen LogP contribution < -0.4 is 5.73 Å². The predicted molar refractivity (Wildman–Crippen MR) is 80.8 cm³/mol. The average molecular weight is 298 g/mol. The number of tetrazole rings is 1. The maximum Gasteiger partial charge on any atom is 0.214 e. The van der Waals surface area contributed by atoms with Crippen LogP contribution in [0.5, 0.6) is 0 Å². The molecule has 0 saturated heterocycles. The number of aromatic nitrogens is 5. The van der Waals surface area contributed by atoms with Crippen molar-refractivity contribution in [3.05, 3.63) is 59.9 Å². The summed E-state index contributed by atoms with van der Waals surface area (Å²) in [4.78, 5) is 4.19. The summed E-state index contributed by atoms with van der Waals surface area (Å²) in [5, 5.41) is 12.6. The van der Waals surface area contributed by atoms with Gasteiger partial charge in [-0.1, -0.05) is 30.0 Å². The molecule has 0 aliphatic heterocycles. The monoisotopic (exact) mass is 298 g/mol. The summed E-state index contributed by atoms with van der Waals surface area (Å²) >= 11 is 1.58. The molecule has 0 fully saturated rings. The van der Waals surface area contributed by atoms with E-state index in [1.807, 2.05) is 42.5 Å². The summed E-state index contributed by atoms with van der Waals surface area (Å²) in [5.74, 6) is 0.767. The number of nitrogens with zero attached hydrogens (tertiary/aromatic N) is 5. The Morgan fingerprint density at radius 1 is 1.14 bits per heavy atom. The molecule has 2 heterocycles. The van der Waals surface area contributed by atoms with E-state index in [1.165, 1.54) is 0 Å². The lowest BCUT2D eigenvalue weighted by molar-refractivity contribution is 0.756. The molecule has 0 bridgehead atoms. The fraction of sp³-hybridized carbons (Fsp3) is 0.143. The van der Waals surface area contributed by atoms with E-state index >= 15 is 0 Å². The topological polar surface area (TPSA) is 82.5 Å². The third-order valence-corrected chi connectivity index (χ3v) is 3.89. The van der Waals surface area contributed by atoms with Crippen LogP contribution in [0.15, 0.2) is 53.8 Å². The van der Waals surface area contributed by atoms with Gasteiger partial charge in [0.1, 0.15) is 0 Å². The molecule has 0 aliphatic carbocycles. The van der Waals surface area contributed by atoms with Crippen molar-refractivity contribution in [1.82, 2.24) is 25.2 Å². The standard InChI is InChI=1S/C14H14N6S/c15-9-12-8-11(6-7-16-12)10-21-14-17-18-19-20(14)13-4-2-1-3-5-13/h1-8H,9-10,15H2. The normalized spacial score (nSPS) is 10.7. The van der Waals surface area contributed by atoms with Crippen LogP contribution in [0.25, 0.3) is 5.69 Å². The Morgan fingerprint density at radius 3 is 2.81 bits per heavy atom. The van der Waals surface area contributed by atoms with Crippen molar-refractivity contribution in [2.45, 2.75) is 17.5 Å². The zero-order valence-electron chi connectivity index (χ0n) is 11.3. The van der Waals surface area contributed by atoms with Gasteiger partial charge in [0.15, 0.2) is 0 Å². The van der Waals surface area contributed by atoms with Gasteiger partial charge in [-0.05, 0) is 40.3 Å². The Bertz CT molecular complexity index is 712. The lowest BCUT2D eigenvalue weighted by Gasteiger charge is -2.04. The van der Waals surface area contributed by atoms with Crippen LogP contribution in [0.4, 0.5) is 0 Å². The van der Waals surface area contributed by atoms with Crippen molar-refractivity contribution in [3.63, 3.8) is 0 Å². The summed E-state index contributed by atoms with van der Waals surface area (Å²) in [6.07, 6.45) is 1.78. The van der Waals surface area contributed by atoms with E-state index in [4.69, 9.17) is 5.73 Å².